The molecule has 7 aliphatic rings. The van der Waals surface area contributed by atoms with Gasteiger partial charge < -0.3 is 39.4 Å². The Labute approximate surface area is 350 Å². The highest BCUT2D eigenvalue weighted by molar-refractivity contribution is 5.96. The van der Waals surface area contributed by atoms with Crippen LogP contribution in [-0.2, 0) is 55.9 Å². The van der Waals surface area contributed by atoms with Crippen molar-refractivity contribution >= 4 is 29.8 Å². The minimum atomic E-state index is -1.45. The summed E-state index contributed by atoms with van der Waals surface area (Å²) in [5.74, 6) is -1.93. The fraction of sp³-hybridized carbons (Fsp3) is 0.609. The van der Waals surface area contributed by atoms with Gasteiger partial charge in [0.1, 0.15) is 47.2 Å². The predicted molar refractivity (Wildman–Crippen MR) is 215 cm³/mol. The molecule has 3 aliphatic carbocycles. The van der Waals surface area contributed by atoms with Crippen LogP contribution < -0.4 is 5.32 Å². The third-order valence-electron chi connectivity index (χ3n) is 13.4. The molecule has 60 heavy (non-hydrogen) atoms. The van der Waals surface area contributed by atoms with Gasteiger partial charge in [0.05, 0.1) is 19.2 Å². The van der Waals surface area contributed by atoms with Crippen molar-refractivity contribution in [2.45, 2.75) is 145 Å². The number of nitrogens with one attached hydrogen (secondary N) is 1. The number of nitrogens with zero attached hydrogens (tertiary/aromatic N) is 2. The lowest BCUT2D eigenvalue weighted by Crippen LogP contribution is -2.70. The number of esters is 2. The summed E-state index contributed by atoms with van der Waals surface area (Å²) in [5, 5.41) is 25.0. The topological polar surface area (TPSA) is 173 Å². The first kappa shape index (κ1) is 41.0. The van der Waals surface area contributed by atoms with Gasteiger partial charge in [-0.3, -0.25) is 24.0 Å². The SMILES string of the molecule is CC(C)(C)OC(=O)CC[C@@H](CO)NC(=O)[C@H]1CCCN1C(=O)[C@@]12C[C@H]3OC(=O)[C@@H]1N(Cc1ccccc1C=CCc1ccccc1O)O[C@@H]2[C@H]1OC(C2CC2)(C2CC2)O[C@H]13. The lowest BCUT2D eigenvalue weighted by molar-refractivity contribution is -0.235. The van der Waals surface area contributed by atoms with Crippen LogP contribution in [0.3, 0.4) is 0 Å². The second-order valence-corrected chi connectivity index (χ2v) is 18.8. The fourth-order valence-corrected chi connectivity index (χ4v) is 10.4. The average molecular weight is 828 g/mol. The van der Waals surface area contributed by atoms with Crippen molar-refractivity contribution in [3.05, 3.63) is 71.3 Å². The summed E-state index contributed by atoms with van der Waals surface area (Å²) in [7, 11) is 0. The predicted octanol–water partition coefficient (Wildman–Crippen LogP) is 4.34. The van der Waals surface area contributed by atoms with Crippen LogP contribution in [0.2, 0.25) is 0 Å². The minimum Gasteiger partial charge on any atom is -0.508 e. The van der Waals surface area contributed by atoms with Gasteiger partial charge in [0, 0.05) is 31.2 Å². The van der Waals surface area contributed by atoms with Crippen LogP contribution in [0.25, 0.3) is 6.08 Å². The maximum Gasteiger partial charge on any atom is 0.327 e. The highest BCUT2D eigenvalue weighted by atomic mass is 16.8. The van der Waals surface area contributed by atoms with Crippen LogP contribution in [0.4, 0.5) is 0 Å². The number of amides is 2. The molecule has 0 aromatic heterocycles. The highest BCUT2D eigenvalue weighted by Gasteiger charge is 2.78. The number of aliphatic hydroxyl groups is 1. The van der Waals surface area contributed by atoms with E-state index in [0.717, 1.165) is 42.4 Å². The first-order valence-electron chi connectivity index (χ1n) is 21.8. The molecule has 4 heterocycles. The lowest BCUT2D eigenvalue weighted by atomic mass is 9.62. The molecule has 4 saturated heterocycles. The normalized spacial score (nSPS) is 31.2. The molecule has 0 spiro atoms. The van der Waals surface area contributed by atoms with Crippen molar-refractivity contribution < 1.29 is 53.2 Å². The number of hydrogen-bond donors (Lipinski definition) is 3. The zero-order valence-electron chi connectivity index (χ0n) is 34.6. The molecule has 2 amide bonds. The van der Waals surface area contributed by atoms with Gasteiger partial charge in [-0.15, -0.1) is 0 Å². The second kappa shape index (κ2) is 15.8. The van der Waals surface area contributed by atoms with Crippen LogP contribution in [-0.4, -0.2) is 111 Å². The third kappa shape index (κ3) is 7.52. The van der Waals surface area contributed by atoms with E-state index in [9.17, 15) is 24.6 Å². The van der Waals surface area contributed by atoms with Crippen LogP contribution in [0.5, 0.6) is 5.75 Å². The smallest absolute Gasteiger partial charge is 0.327 e. The number of likely N-dealkylation sites (tertiary alicyclic amines) is 1. The van der Waals surface area contributed by atoms with E-state index in [2.05, 4.69) is 5.32 Å². The number of aromatic hydroxyl groups is 1. The van der Waals surface area contributed by atoms with Crippen LogP contribution in [0.1, 0.15) is 95.2 Å². The number of carbonyl (C=O) groups excluding carboxylic acids is 4. The van der Waals surface area contributed by atoms with E-state index < -0.39 is 83.8 Å². The Morgan fingerprint density at radius 2 is 1.68 bits per heavy atom. The molecule has 8 atom stereocenters. The van der Waals surface area contributed by atoms with Crippen molar-refractivity contribution in [1.82, 2.24) is 15.3 Å². The molecule has 0 radical (unpaired) electrons. The zero-order valence-corrected chi connectivity index (χ0v) is 34.6. The number of ether oxygens (including phenoxy) is 4. The van der Waals surface area contributed by atoms with Crippen molar-refractivity contribution in [2.75, 3.05) is 13.2 Å². The molecule has 3 N–H and O–H groups in total. The number of fused-ring (bicyclic) bond motifs is 4. The molecule has 9 rings (SSSR count). The van der Waals surface area contributed by atoms with Crippen LogP contribution in [0, 0.1) is 17.3 Å². The van der Waals surface area contributed by atoms with Gasteiger partial charge in [-0.25, -0.2) is 0 Å². The van der Waals surface area contributed by atoms with Gasteiger partial charge in [-0.05, 0) is 94.9 Å². The Bertz CT molecular complexity index is 2010. The summed E-state index contributed by atoms with van der Waals surface area (Å²) in [6.07, 6.45) is 6.73. The number of aliphatic hydroxyl groups excluding tert-OH is 1. The molecule has 14 heteroatoms. The number of hydroxylamine groups is 2. The standard InChI is InChI=1S/C46H57N3O11/c1-44(2,3)57-36(52)22-21-32(26-50)47-41(53)33-15-9-23-48(33)43(55)45-24-35-37-38(59-46(58-37,30-17-18-30)31-19-20-31)40(45)60-49(39(45)42(54)56-35)25-29-12-5-4-10-27(29)13-8-14-28-11-6-7-16-34(28)51/h4-8,10-13,16,30-33,35,37-40,50-51H,9,14-15,17-26H2,1-3H3,(H,47,53)/t32-,33+,35+,37-,38-,39-,40+,45-/m0/s1. The quantitative estimate of drug-likeness (QED) is 0.231. The first-order chi connectivity index (χ1) is 28.8. The molecule has 2 bridgehead atoms. The Kier molecular flexibility index (Phi) is 10.8. The molecular weight excluding hydrogens is 771 g/mol. The summed E-state index contributed by atoms with van der Waals surface area (Å²) >= 11 is 0. The second-order valence-electron chi connectivity index (χ2n) is 18.8. The van der Waals surface area contributed by atoms with Gasteiger partial charge in [0.2, 0.25) is 11.8 Å². The van der Waals surface area contributed by atoms with Gasteiger partial charge >= 0.3 is 11.9 Å². The summed E-state index contributed by atoms with van der Waals surface area (Å²) in [5.41, 5.74) is 0.423. The van der Waals surface area contributed by atoms with Gasteiger partial charge in [0.15, 0.2) is 11.8 Å². The van der Waals surface area contributed by atoms with Crippen LogP contribution >= 0.6 is 0 Å². The van der Waals surface area contributed by atoms with E-state index >= 15 is 4.79 Å². The maximum atomic E-state index is 15.6. The number of benzene rings is 2. The van der Waals surface area contributed by atoms with Gasteiger partial charge in [0.25, 0.3) is 0 Å². The largest absolute Gasteiger partial charge is 0.508 e. The van der Waals surface area contributed by atoms with Crippen molar-refractivity contribution in [3.63, 3.8) is 0 Å². The molecule has 2 aromatic carbocycles. The summed E-state index contributed by atoms with van der Waals surface area (Å²) in [6.45, 7) is 5.39. The van der Waals surface area contributed by atoms with E-state index in [1.54, 1.807) is 42.9 Å². The van der Waals surface area contributed by atoms with Crippen molar-refractivity contribution in [1.29, 1.82) is 0 Å². The van der Waals surface area contributed by atoms with Crippen molar-refractivity contribution in [2.24, 2.45) is 17.3 Å². The van der Waals surface area contributed by atoms with Crippen LogP contribution in [0.15, 0.2) is 54.6 Å². The molecular formula is C46H57N3O11. The number of hydrogen-bond acceptors (Lipinski definition) is 12. The van der Waals surface area contributed by atoms with Crippen molar-refractivity contribution in [3.8, 4) is 5.75 Å². The van der Waals surface area contributed by atoms with Gasteiger partial charge in [-0.1, -0.05) is 54.6 Å². The Balaban J connectivity index is 1.00. The Morgan fingerprint density at radius 3 is 2.38 bits per heavy atom. The summed E-state index contributed by atoms with van der Waals surface area (Å²) in [4.78, 5) is 65.1. The molecule has 322 valence electrons. The van der Waals surface area contributed by atoms with E-state index in [4.69, 9.17) is 23.8 Å². The monoisotopic (exact) mass is 827 g/mol. The number of phenols is 1. The first-order valence-corrected chi connectivity index (χ1v) is 21.8. The molecule has 2 aromatic rings. The number of para-hydroxylation sites is 1. The lowest BCUT2D eigenvalue weighted by Gasteiger charge is -2.50. The summed E-state index contributed by atoms with van der Waals surface area (Å²) in [6, 6.07) is 12.3. The van der Waals surface area contributed by atoms with E-state index in [-0.39, 0.29) is 49.3 Å². The van der Waals surface area contributed by atoms with E-state index in [1.807, 2.05) is 48.6 Å². The van der Waals surface area contributed by atoms with E-state index in [0.29, 0.717) is 25.8 Å². The third-order valence-corrected chi connectivity index (χ3v) is 13.4. The number of carbonyl (C=O) groups is 4. The Morgan fingerprint density at radius 1 is 0.983 bits per heavy atom. The minimum absolute atomic E-state index is 0.00258. The molecule has 3 saturated carbocycles. The Hall–Kier alpha value is -4.34. The maximum absolute atomic E-state index is 15.6. The molecule has 7 fully saturated rings. The molecule has 14 nitrogen and oxygen atoms in total. The number of phenolic OH excluding ortho intramolecular Hbond substituents is 1. The average Bonchev–Trinajstić information content (AvgIpc) is 4.13. The molecule has 4 aliphatic heterocycles. The molecule has 0 unspecified atom stereocenters. The number of rotatable bonds is 14. The van der Waals surface area contributed by atoms with Gasteiger partial charge in [-0.2, -0.15) is 5.06 Å². The summed E-state index contributed by atoms with van der Waals surface area (Å²) < 4.78 is 25.7. The highest BCUT2D eigenvalue weighted by Crippen LogP contribution is 2.64. The fourth-order valence-electron chi connectivity index (χ4n) is 10.4. The number of allylic oxidation sites excluding steroid dienone is 1. The van der Waals surface area contributed by atoms with E-state index in [1.165, 1.54) is 0 Å². The zero-order chi connectivity index (χ0) is 42.0.